The first-order valence-electron chi connectivity index (χ1n) is 6.31. The second kappa shape index (κ2) is 5.54. The molecule has 0 aromatic heterocycles. The van der Waals surface area contributed by atoms with Gasteiger partial charge in [0.1, 0.15) is 5.75 Å². The van der Waals surface area contributed by atoms with E-state index in [-0.39, 0.29) is 0 Å². The van der Waals surface area contributed by atoms with Crippen LogP contribution in [0.2, 0.25) is 0 Å². The maximum absolute atomic E-state index is 12.5. The van der Waals surface area contributed by atoms with Crippen LogP contribution in [0.5, 0.6) is 5.75 Å². The highest BCUT2D eigenvalue weighted by molar-refractivity contribution is 7.85. The fraction of sp³-hybridized carbons (Fsp3) is 0.0625. The van der Waals surface area contributed by atoms with E-state index in [1.807, 2.05) is 24.3 Å². The van der Waals surface area contributed by atoms with Crippen LogP contribution in [0.3, 0.4) is 0 Å². The smallest absolute Gasteiger partial charge is 0.403 e. The third-order valence-corrected chi connectivity index (χ3v) is 4.76. The van der Waals surface area contributed by atoms with Gasteiger partial charge in [0.05, 0.1) is 17.1 Å². The van der Waals surface area contributed by atoms with Gasteiger partial charge in [-0.25, -0.2) is 9.00 Å². The normalized spacial score (nSPS) is 15.5. The van der Waals surface area contributed by atoms with E-state index < -0.39 is 17.0 Å². The molecule has 0 N–H and O–H groups in total. The lowest BCUT2D eigenvalue weighted by Crippen LogP contribution is -2.11. The fourth-order valence-corrected chi connectivity index (χ4v) is 3.66. The number of ether oxygens (including phenoxy) is 2. The molecule has 0 fully saturated rings. The first-order valence-corrected chi connectivity index (χ1v) is 7.46. The Kier molecular flexibility index (Phi) is 3.58. The zero-order valence-electron chi connectivity index (χ0n) is 11.1. The molecule has 0 aliphatic carbocycles. The Hall–Kier alpha value is -2.40. The molecule has 0 spiro atoms. The van der Waals surface area contributed by atoms with Crippen LogP contribution < -0.4 is 4.74 Å². The minimum atomic E-state index is -1.20. The fourth-order valence-electron chi connectivity index (χ4n) is 2.28. The zero-order chi connectivity index (χ0) is 14.8. The van der Waals surface area contributed by atoms with Crippen LogP contribution >= 0.6 is 0 Å². The Labute approximate surface area is 124 Å². The lowest BCUT2D eigenvalue weighted by atomic mass is 10.0. The predicted molar refractivity (Wildman–Crippen MR) is 77.7 cm³/mol. The van der Waals surface area contributed by atoms with Crippen LogP contribution in [-0.4, -0.2) is 10.4 Å². The van der Waals surface area contributed by atoms with Gasteiger partial charge in [0, 0.05) is 9.79 Å². The first-order chi connectivity index (χ1) is 10.2. The number of hydrogen-bond donors (Lipinski definition) is 0. The summed E-state index contributed by atoms with van der Waals surface area (Å²) in [7, 11) is -1.20. The van der Waals surface area contributed by atoms with Crippen LogP contribution in [0.1, 0.15) is 11.1 Å². The summed E-state index contributed by atoms with van der Waals surface area (Å²) in [6, 6.07) is 12.7. The highest BCUT2D eigenvalue weighted by Crippen LogP contribution is 2.33. The van der Waals surface area contributed by atoms with Gasteiger partial charge < -0.3 is 9.47 Å². The van der Waals surface area contributed by atoms with Gasteiger partial charge >= 0.3 is 6.16 Å². The average Bonchev–Trinajstić information content (AvgIpc) is 2.47. The number of carbonyl (C=O) groups is 1. The number of hydrogen-bond acceptors (Lipinski definition) is 4. The summed E-state index contributed by atoms with van der Waals surface area (Å²) >= 11 is 0. The second-order valence-corrected chi connectivity index (χ2v) is 5.88. The van der Waals surface area contributed by atoms with Crippen molar-refractivity contribution in [3.8, 4) is 5.75 Å². The molecule has 0 saturated heterocycles. The van der Waals surface area contributed by atoms with Crippen LogP contribution in [0.25, 0.3) is 0 Å². The lowest BCUT2D eigenvalue weighted by molar-refractivity contribution is 0.136. The van der Waals surface area contributed by atoms with E-state index in [0.717, 1.165) is 27.2 Å². The Morgan fingerprint density at radius 3 is 2.71 bits per heavy atom. The van der Waals surface area contributed by atoms with Crippen molar-refractivity contribution in [1.82, 2.24) is 0 Å². The Morgan fingerprint density at radius 2 is 1.90 bits per heavy atom. The maximum atomic E-state index is 12.5. The van der Waals surface area contributed by atoms with E-state index >= 15 is 0 Å². The monoisotopic (exact) mass is 300 g/mol. The summed E-state index contributed by atoms with van der Waals surface area (Å²) in [5.74, 6) is 0.358. The summed E-state index contributed by atoms with van der Waals surface area (Å²) in [4.78, 5) is 12.9. The van der Waals surface area contributed by atoms with E-state index in [0.29, 0.717) is 12.2 Å². The number of rotatable bonds is 2. The summed E-state index contributed by atoms with van der Waals surface area (Å²) < 4.78 is 22.0. The molecule has 4 nitrogen and oxygen atoms in total. The van der Waals surface area contributed by atoms with Crippen molar-refractivity contribution < 1.29 is 18.5 Å². The molecule has 3 rings (SSSR count). The molecule has 1 atom stereocenters. The van der Waals surface area contributed by atoms with E-state index in [2.05, 4.69) is 11.3 Å². The first kappa shape index (κ1) is 13.6. The topological polar surface area (TPSA) is 52.6 Å². The van der Waals surface area contributed by atoms with Crippen molar-refractivity contribution >= 4 is 17.0 Å². The van der Waals surface area contributed by atoms with Gasteiger partial charge in [-0.2, -0.15) is 0 Å². The highest BCUT2D eigenvalue weighted by Gasteiger charge is 2.22. The Morgan fingerprint density at radius 1 is 1.14 bits per heavy atom. The van der Waals surface area contributed by atoms with Gasteiger partial charge in [-0.3, -0.25) is 0 Å². The van der Waals surface area contributed by atoms with Crippen LogP contribution in [0, 0.1) is 0 Å². The van der Waals surface area contributed by atoms with Crippen molar-refractivity contribution in [2.24, 2.45) is 0 Å². The molecule has 1 aliphatic heterocycles. The summed E-state index contributed by atoms with van der Waals surface area (Å²) in [6.45, 7) is 3.28. The van der Waals surface area contributed by atoms with Crippen LogP contribution in [0.4, 0.5) is 4.79 Å². The Balaban J connectivity index is 1.93. The third-order valence-electron chi connectivity index (χ3n) is 3.17. The number of benzene rings is 2. The van der Waals surface area contributed by atoms with Gasteiger partial charge in [-0.1, -0.05) is 24.8 Å². The SMILES string of the molecule is C=COC(=O)Oc1ccc2c(c1)Cc1ccccc1S2=O. The van der Waals surface area contributed by atoms with Crippen molar-refractivity contribution in [3.63, 3.8) is 0 Å². The molecule has 0 amide bonds. The second-order valence-electron chi connectivity index (χ2n) is 4.46. The van der Waals surface area contributed by atoms with Gasteiger partial charge in [0.15, 0.2) is 0 Å². The zero-order valence-corrected chi connectivity index (χ0v) is 11.9. The van der Waals surface area contributed by atoms with Crippen molar-refractivity contribution in [2.75, 3.05) is 0 Å². The van der Waals surface area contributed by atoms with Gasteiger partial charge in [0.2, 0.25) is 0 Å². The van der Waals surface area contributed by atoms with E-state index in [9.17, 15) is 9.00 Å². The van der Waals surface area contributed by atoms with E-state index in [4.69, 9.17) is 4.74 Å². The molecule has 2 aromatic carbocycles. The maximum Gasteiger partial charge on any atom is 0.518 e. The number of fused-ring (bicyclic) bond motifs is 2. The molecule has 21 heavy (non-hydrogen) atoms. The van der Waals surface area contributed by atoms with Crippen molar-refractivity contribution in [1.29, 1.82) is 0 Å². The summed E-state index contributed by atoms with van der Waals surface area (Å²) in [5.41, 5.74) is 1.91. The predicted octanol–water partition coefficient (Wildman–Crippen LogP) is 3.42. The molecule has 0 radical (unpaired) electrons. The van der Waals surface area contributed by atoms with Gasteiger partial charge in [-0.15, -0.1) is 0 Å². The Bertz CT molecular complexity index is 752. The van der Waals surface area contributed by atoms with Crippen LogP contribution in [0.15, 0.2) is 65.1 Å². The molecule has 1 aliphatic rings. The molecule has 0 bridgehead atoms. The molecule has 106 valence electrons. The number of carbonyl (C=O) groups excluding carboxylic acids is 1. The molecule has 2 aromatic rings. The lowest BCUT2D eigenvalue weighted by Gasteiger charge is -2.19. The van der Waals surface area contributed by atoms with Crippen LogP contribution in [-0.2, 0) is 22.0 Å². The molecule has 1 heterocycles. The molecular weight excluding hydrogens is 288 g/mol. The van der Waals surface area contributed by atoms with E-state index in [1.54, 1.807) is 18.2 Å². The molecule has 1 unspecified atom stereocenters. The summed E-state index contributed by atoms with van der Waals surface area (Å²) in [6.07, 6.45) is 0.819. The highest BCUT2D eigenvalue weighted by atomic mass is 32.2. The van der Waals surface area contributed by atoms with Crippen molar-refractivity contribution in [2.45, 2.75) is 16.2 Å². The largest absolute Gasteiger partial charge is 0.518 e. The van der Waals surface area contributed by atoms with Gasteiger partial charge in [-0.05, 0) is 41.8 Å². The average molecular weight is 300 g/mol. The quantitative estimate of drug-likeness (QED) is 0.413. The standard InChI is InChI=1S/C16H12O4S/c1-2-19-16(17)20-13-7-8-15-12(10-13)9-11-5-3-4-6-14(11)21(15)18/h2-8,10H,1,9H2. The molecule has 0 saturated carbocycles. The van der Waals surface area contributed by atoms with E-state index in [1.165, 1.54) is 0 Å². The van der Waals surface area contributed by atoms with Crippen molar-refractivity contribution in [3.05, 3.63) is 66.4 Å². The minimum absolute atomic E-state index is 0.358. The summed E-state index contributed by atoms with van der Waals surface area (Å²) in [5, 5.41) is 0. The minimum Gasteiger partial charge on any atom is -0.403 e. The third kappa shape index (κ3) is 2.60. The van der Waals surface area contributed by atoms with Gasteiger partial charge in [0.25, 0.3) is 0 Å². The molecule has 5 heteroatoms. The molecular formula is C16H12O4S.